The highest BCUT2D eigenvalue weighted by molar-refractivity contribution is 5.75. The number of hydrogen-bond donors (Lipinski definition) is 1. The number of primary amides is 1. The molecule has 0 bridgehead atoms. The van der Waals surface area contributed by atoms with Gasteiger partial charge in [-0.1, -0.05) is 12.1 Å². The quantitative estimate of drug-likeness (QED) is 0.742. The van der Waals surface area contributed by atoms with Gasteiger partial charge in [-0.25, -0.2) is 0 Å². The minimum atomic E-state index is -0.524. The molecule has 0 aliphatic rings. The van der Waals surface area contributed by atoms with E-state index in [2.05, 4.69) is 0 Å². The summed E-state index contributed by atoms with van der Waals surface area (Å²) in [7, 11) is 0. The van der Waals surface area contributed by atoms with Gasteiger partial charge in [0.2, 0.25) is 0 Å². The van der Waals surface area contributed by atoms with Crippen LogP contribution in [0.1, 0.15) is 12.5 Å². The van der Waals surface area contributed by atoms with Gasteiger partial charge in [0.1, 0.15) is 12.4 Å². The maximum atomic E-state index is 10.6. The first kappa shape index (κ1) is 12.0. The summed E-state index contributed by atoms with van der Waals surface area (Å²) < 4.78 is 9.88. The van der Waals surface area contributed by atoms with Gasteiger partial charge in [-0.05, 0) is 17.7 Å². The third kappa shape index (κ3) is 4.45. The predicted molar refractivity (Wildman–Crippen MR) is 56.6 cm³/mol. The molecule has 0 spiro atoms. The molecule has 1 aromatic rings. The third-order valence-electron chi connectivity index (χ3n) is 1.75. The predicted octanol–water partition coefficient (Wildman–Crippen LogP) is 0.614. The summed E-state index contributed by atoms with van der Waals surface area (Å²) in [4.78, 5) is 21.0. The number of carbonyl (C=O) groups excluding carboxylic acids is 2. The number of rotatable bonds is 5. The van der Waals surface area contributed by atoms with Gasteiger partial charge in [0.15, 0.2) is 6.61 Å². The number of ether oxygens (including phenoxy) is 2. The van der Waals surface area contributed by atoms with Crippen molar-refractivity contribution in [2.45, 2.75) is 13.5 Å². The van der Waals surface area contributed by atoms with E-state index in [9.17, 15) is 9.59 Å². The Hall–Kier alpha value is -2.04. The summed E-state index contributed by atoms with van der Waals surface area (Å²) in [5.74, 6) is -0.302. The van der Waals surface area contributed by atoms with E-state index in [1.165, 1.54) is 6.92 Å². The molecular formula is C11H13NO4. The van der Waals surface area contributed by atoms with Crippen molar-refractivity contribution in [2.24, 2.45) is 5.73 Å². The summed E-state index contributed by atoms with van der Waals surface area (Å²) in [6.45, 7) is 1.43. The van der Waals surface area contributed by atoms with Crippen LogP contribution in [0.4, 0.5) is 0 Å². The second-order valence-corrected chi connectivity index (χ2v) is 3.18. The van der Waals surface area contributed by atoms with Gasteiger partial charge in [-0.3, -0.25) is 9.59 Å². The Morgan fingerprint density at radius 2 is 1.88 bits per heavy atom. The standard InChI is InChI=1S/C11H13NO4/c1-8(13)15-6-9-2-4-10(5-3-9)16-7-11(12)14/h2-5H,6-7H2,1H3,(H2,12,14). The number of carbonyl (C=O) groups is 2. The molecule has 0 unspecified atom stereocenters. The monoisotopic (exact) mass is 223 g/mol. The van der Waals surface area contributed by atoms with Crippen molar-refractivity contribution >= 4 is 11.9 Å². The van der Waals surface area contributed by atoms with Crippen molar-refractivity contribution in [2.75, 3.05) is 6.61 Å². The van der Waals surface area contributed by atoms with Crippen LogP contribution in [-0.2, 0) is 20.9 Å². The Balaban J connectivity index is 2.47. The van der Waals surface area contributed by atoms with Crippen LogP contribution >= 0.6 is 0 Å². The molecule has 1 aromatic carbocycles. The lowest BCUT2D eigenvalue weighted by molar-refractivity contribution is -0.142. The van der Waals surface area contributed by atoms with Gasteiger partial charge in [0.25, 0.3) is 5.91 Å². The lowest BCUT2D eigenvalue weighted by Crippen LogP contribution is -2.19. The first-order chi connectivity index (χ1) is 7.58. The van der Waals surface area contributed by atoms with Gasteiger partial charge in [-0.15, -0.1) is 0 Å². The molecule has 0 atom stereocenters. The van der Waals surface area contributed by atoms with Crippen molar-refractivity contribution in [3.8, 4) is 5.75 Å². The Morgan fingerprint density at radius 1 is 1.25 bits per heavy atom. The zero-order valence-corrected chi connectivity index (χ0v) is 8.93. The fraction of sp³-hybridized carbons (Fsp3) is 0.273. The lowest BCUT2D eigenvalue weighted by Gasteiger charge is -2.05. The van der Waals surface area contributed by atoms with E-state index in [1.807, 2.05) is 0 Å². The van der Waals surface area contributed by atoms with Gasteiger partial charge in [0.05, 0.1) is 0 Å². The van der Waals surface area contributed by atoms with Gasteiger partial charge in [-0.2, -0.15) is 0 Å². The van der Waals surface area contributed by atoms with E-state index in [0.717, 1.165) is 5.56 Å². The van der Waals surface area contributed by atoms with Crippen LogP contribution in [0.5, 0.6) is 5.75 Å². The van der Waals surface area contributed by atoms with Crippen LogP contribution in [-0.4, -0.2) is 18.5 Å². The maximum absolute atomic E-state index is 10.6. The second-order valence-electron chi connectivity index (χ2n) is 3.18. The van der Waals surface area contributed by atoms with E-state index in [4.69, 9.17) is 15.2 Å². The van der Waals surface area contributed by atoms with E-state index in [0.29, 0.717) is 5.75 Å². The molecule has 2 N–H and O–H groups in total. The highest BCUT2D eigenvalue weighted by Crippen LogP contribution is 2.12. The van der Waals surface area contributed by atoms with Gasteiger partial charge < -0.3 is 15.2 Å². The molecular weight excluding hydrogens is 210 g/mol. The Labute approximate surface area is 93.1 Å². The summed E-state index contributed by atoms with van der Waals surface area (Å²) in [6.07, 6.45) is 0. The van der Waals surface area contributed by atoms with Crippen LogP contribution in [0.3, 0.4) is 0 Å². The highest BCUT2D eigenvalue weighted by atomic mass is 16.5. The molecule has 0 aromatic heterocycles. The van der Waals surface area contributed by atoms with E-state index < -0.39 is 5.91 Å². The largest absolute Gasteiger partial charge is 0.484 e. The van der Waals surface area contributed by atoms with Crippen molar-refractivity contribution in [3.63, 3.8) is 0 Å². The molecule has 0 aliphatic carbocycles. The minimum Gasteiger partial charge on any atom is -0.484 e. The number of benzene rings is 1. The van der Waals surface area contributed by atoms with Crippen LogP contribution in [0.15, 0.2) is 24.3 Å². The molecule has 0 fully saturated rings. The molecule has 0 radical (unpaired) electrons. The van der Waals surface area contributed by atoms with E-state index in [1.54, 1.807) is 24.3 Å². The van der Waals surface area contributed by atoms with Crippen LogP contribution in [0.25, 0.3) is 0 Å². The summed E-state index contributed by atoms with van der Waals surface area (Å²) >= 11 is 0. The normalized spacial score (nSPS) is 9.56. The zero-order chi connectivity index (χ0) is 12.0. The summed E-state index contributed by atoms with van der Waals surface area (Å²) in [6, 6.07) is 6.86. The fourth-order valence-electron chi connectivity index (χ4n) is 1.02. The summed E-state index contributed by atoms with van der Waals surface area (Å²) in [5.41, 5.74) is 5.78. The Kier molecular flexibility index (Phi) is 4.32. The Morgan fingerprint density at radius 3 is 2.38 bits per heavy atom. The SMILES string of the molecule is CC(=O)OCc1ccc(OCC(N)=O)cc1. The number of nitrogens with two attached hydrogens (primary N) is 1. The van der Waals surface area contributed by atoms with Crippen molar-refractivity contribution in [1.29, 1.82) is 0 Å². The third-order valence-corrected chi connectivity index (χ3v) is 1.75. The van der Waals surface area contributed by atoms with E-state index in [-0.39, 0.29) is 19.2 Å². The zero-order valence-electron chi connectivity index (χ0n) is 8.93. The molecule has 5 heteroatoms. The smallest absolute Gasteiger partial charge is 0.302 e. The van der Waals surface area contributed by atoms with E-state index >= 15 is 0 Å². The number of hydrogen-bond acceptors (Lipinski definition) is 4. The average Bonchev–Trinajstić information content (AvgIpc) is 2.25. The van der Waals surface area contributed by atoms with Crippen LogP contribution in [0, 0.1) is 0 Å². The average molecular weight is 223 g/mol. The molecule has 0 saturated carbocycles. The molecule has 86 valence electrons. The number of esters is 1. The molecule has 0 aliphatic heterocycles. The molecule has 16 heavy (non-hydrogen) atoms. The second kappa shape index (κ2) is 5.75. The van der Waals surface area contributed by atoms with Gasteiger partial charge >= 0.3 is 5.97 Å². The number of amides is 1. The van der Waals surface area contributed by atoms with Gasteiger partial charge in [0, 0.05) is 6.92 Å². The highest BCUT2D eigenvalue weighted by Gasteiger charge is 1.99. The topological polar surface area (TPSA) is 78.6 Å². The van der Waals surface area contributed by atoms with Crippen LogP contribution < -0.4 is 10.5 Å². The minimum absolute atomic E-state index is 0.150. The Bertz CT molecular complexity index is 335. The fourth-order valence-corrected chi connectivity index (χ4v) is 1.02. The maximum Gasteiger partial charge on any atom is 0.302 e. The first-order valence-electron chi connectivity index (χ1n) is 4.71. The molecule has 1 rings (SSSR count). The van der Waals surface area contributed by atoms with Crippen molar-refractivity contribution in [3.05, 3.63) is 29.8 Å². The summed E-state index contributed by atoms with van der Waals surface area (Å²) in [5, 5.41) is 0. The molecule has 0 heterocycles. The first-order valence-corrected chi connectivity index (χ1v) is 4.71. The van der Waals surface area contributed by atoms with Crippen molar-refractivity contribution in [1.82, 2.24) is 0 Å². The van der Waals surface area contributed by atoms with Crippen molar-refractivity contribution < 1.29 is 19.1 Å². The molecule has 5 nitrogen and oxygen atoms in total. The van der Waals surface area contributed by atoms with Crippen LogP contribution in [0.2, 0.25) is 0 Å². The molecule has 0 saturated heterocycles. The lowest BCUT2D eigenvalue weighted by atomic mass is 10.2. The molecule has 1 amide bonds.